The summed E-state index contributed by atoms with van der Waals surface area (Å²) in [4.78, 5) is 27.2. The van der Waals surface area contributed by atoms with E-state index in [-0.39, 0.29) is 16.1 Å². The van der Waals surface area contributed by atoms with Crippen molar-refractivity contribution in [3.05, 3.63) is 106 Å². The van der Waals surface area contributed by atoms with E-state index in [1.807, 2.05) is 60.7 Å². The Kier molecular flexibility index (Phi) is 10.8. The molecular weight excluding hydrogens is 631 g/mol. The lowest BCUT2D eigenvalue weighted by molar-refractivity contribution is -0.146. The lowest BCUT2D eigenvalue weighted by Gasteiger charge is -2.26. The van der Waals surface area contributed by atoms with Crippen LogP contribution in [-0.4, -0.2) is 25.9 Å². The molecule has 5 aromatic rings. The molecule has 5 rings (SSSR count). The van der Waals surface area contributed by atoms with Crippen LogP contribution in [0.1, 0.15) is 77.9 Å². The molecule has 3 aromatic carbocycles. The number of hydrogen-bond donors (Lipinski definition) is 1. The van der Waals surface area contributed by atoms with Crippen molar-refractivity contribution in [2.24, 2.45) is 10.8 Å². The van der Waals surface area contributed by atoms with E-state index in [4.69, 9.17) is 32.9 Å². The van der Waals surface area contributed by atoms with Crippen molar-refractivity contribution >= 4 is 56.2 Å². The molecule has 6 nitrogen and oxygen atoms in total. The Balaban J connectivity index is 0.000000644. The highest BCUT2D eigenvalue weighted by molar-refractivity contribution is 6.64. The van der Waals surface area contributed by atoms with Crippen molar-refractivity contribution in [2.75, 3.05) is 0 Å². The summed E-state index contributed by atoms with van der Waals surface area (Å²) in [5.41, 5.74) is 4.57. The minimum atomic E-state index is -0.937. The average Bonchev–Trinajstić information content (AvgIpc) is 3.28. The van der Waals surface area contributed by atoms with Gasteiger partial charge in [-0.15, -0.1) is 0 Å². The monoisotopic (exact) mass is 674 g/mol. The lowest BCUT2D eigenvalue weighted by atomic mass is 9.80. The molecule has 0 amide bonds. The lowest BCUT2D eigenvalue weighted by Crippen LogP contribution is -2.29. The third-order valence-electron chi connectivity index (χ3n) is 7.97. The van der Waals surface area contributed by atoms with E-state index in [0.717, 1.165) is 50.1 Å². The number of nitrogens with zero attached hydrogens (tertiary/aromatic N) is 2. The molecule has 0 spiro atoms. The fraction of sp³-hybridized carbons (Fsp3) is 0.359. The van der Waals surface area contributed by atoms with Gasteiger partial charge in [0.15, 0.2) is 0 Å². The number of carbonyl (C=O) groups is 2. The molecule has 8 heteroatoms. The number of fused-ring (bicyclic) bond motifs is 2. The zero-order valence-electron chi connectivity index (χ0n) is 28.4. The van der Waals surface area contributed by atoms with Crippen molar-refractivity contribution in [2.45, 2.75) is 80.4 Å². The SMILES string of the molecule is CC(C)(C)C(=O)Cl.CC(C)(Cc1c(C(C)(C)C)c2cc(OCc3ccc4ccccc4n3)ccc2n1Cc1ccc(Cl)cc1)C(=O)O. The number of benzene rings is 3. The van der Waals surface area contributed by atoms with Gasteiger partial charge in [0.05, 0.1) is 16.6 Å². The average molecular weight is 676 g/mol. The van der Waals surface area contributed by atoms with Gasteiger partial charge in [-0.05, 0) is 84.5 Å². The summed E-state index contributed by atoms with van der Waals surface area (Å²) in [5, 5.41) is 12.6. The Hall–Kier alpha value is -3.87. The smallest absolute Gasteiger partial charge is 0.309 e. The number of ether oxygens (including phenoxy) is 1. The maximum Gasteiger partial charge on any atom is 0.309 e. The molecule has 2 heterocycles. The Morgan fingerprint density at radius 3 is 2.11 bits per heavy atom. The Bertz CT molecular complexity index is 1900. The maximum absolute atomic E-state index is 12.2. The van der Waals surface area contributed by atoms with Crippen LogP contribution >= 0.6 is 23.2 Å². The third kappa shape index (κ3) is 8.94. The van der Waals surface area contributed by atoms with E-state index in [0.29, 0.717) is 24.6 Å². The number of aliphatic carboxylic acids is 1. The molecule has 0 aliphatic rings. The molecule has 0 radical (unpaired) electrons. The molecule has 47 heavy (non-hydrogen) atoms. The van der Waals surface area contributed by atoms with Crippen LogP contribution in [0.25, 0.3) is 21.8 Å². The number of pyridine rings is 1. The van der Waals surface area contributed by atoms with Crippen molar-refractivity contribution in [3.63, 3.8) is 0 Å². The van der Waals surface area contributed by atoms with Crippen LogP contribution in [0.5, 0.6) is 5.75 Å². The van der Waals surface area contributed by atoms with Crippen LogP contribution in [0.3, 0.4) is 0 Å². The highest BCUT2D eigenvalue weighted by Crippen LogP contribution is 2.40. The number of carboxylic acids is 1. The number of carbonyl (C=O) groups excluding carboxylic acids is 1. The van der Waals surface area contributed by atoms with Crippen LogP contribution in [-0.2, 0) is 34.6 Å². The van der Waals surface area contributed by atoms with Crippen LogP contribution in [0.4, 0.5) is 0 Å². The van der Waals surface area contributed by atoms with Gasteiger partial charge in [-0.2, -0.15) is 0 Å². The molecule has 0 atom stereocenters. The predicted molar refractivity (Wildman–Crippen MR) is 193 cm³/mol. The van der Waals surface area contributed by atoms with Gasteiger partial charge in [0, 0.05) is 45.4 Å². The Labute approximate surface area is 287 Å². The number of para-hydroxylation sites is 1. The highest BCUT2D eigenvalue weighted by Gasteiger charge is 2.34. The van der Waals surface area contributed by atoms with Gasteiger partial charge < -0.3 is 14.4 Å². The zero-order valence-corrected chi connectivity index (χ0v) is 30.0. The van der Waals surface area contributed by atoms with Crippen molar-refractivity contribution < 1.29 is 19.4 Å². The standard InChI is InChI=1S/C34H35ClN2O3.C5H9ClO/c1-33(2,3)31-27-18-26(40-21-25-15-12-23-8-6-7-9-28(23)36-25)16-17-29(27)37(20-22-10-13-24(35)14-11-22)30(31)19-34(4,5)32(38)39;1-5(2,3)4(6)7/h6-18H,19-21H2,1-5H3,(H,38,39);1-3H3. The van der Waals surface area contributed by atoms with E-state index in [9.17, 15) is 14.7 Å². The summed E-state index contributed by atoms with van der Waals surface area (Å²) in [6.07, 6.45) is 0.397. The van der Waals surface area contributed by atoms with E-state index in [1.54, 1.807) is 34.6 Å². The van der Waals surface area contributed by atoms with E-state index < -0.39 is 11.4 Å². The van der Waals surface area contributed by atoms with Crippen LogP contribution in [0, 0.1) is 10.8 Å². The molecule has 0 aliphatic heterocycles. The molecular formula is C39H44Cl2N2O4. The number of halogens is 2. The summed E-state index contributed by atoms with van der Waals surface area (Å²) < 4.78 is 8.52. The summed E-state index contributed by atoms with van der Waals surface area (Å²) >= 11 is 11.3. The normalized spacial score (nSPS) is 12.1. The molecule has 0 aliphatic carbocycles. The molecule has 0 fully saturated rings. The van der Waals surface area contributed by atoms with Crippen molar-refractivity contribution in [1.29, 1.82) is 0 Å². The van der Waals surface area contributed by atoms with Gasteiger partial charge in [-0.3, -0.25) is 9.59 Å². The number of hydrogen-bond acceptors (Lipinski definition) is 4. The second kappa shape index (κ2) is 14.1. The van der Waals surface area contributed by atoms with E-state index in [1.165, 1.54) is 0 Å². The number of aromatic nitrogens is 2. The van der Waals surface area contributed by atoms with Gasteiger partial charge in [0.25, 0.3) is 0 Å². The Morgan fingerprint density at radius 1 is 0.872 bits per heavy atom. The molecule has 0 saturated carbocycles. The van der Waals surface area contributed by atoms with Gasteiger partial charge in [-0.1, -0.05) is 89.5 Å². The molecule has 248 valence electrons. The molecule has 0 bridgehead atoms. The first kappa shape index (κ1) is 36.0. The van der Waals surface area contributed by atoms with E-state index >= 15 is 0 Å². The van der Waals surface area contributed by atoms with Gasteiger partial charge in [-0.25, -0.2) is 4.98 Å². The molecule has 2 aromatic heterocycles. The van der Waals surface area contributed by atoms with Gasteiger partial charge >= 0.3 is 5.97 Å². The minimum Gasteiger partial charge on any atom is -0.487 e. The van der Waals surface area contributed by atoms with Crippen molar-refractivity contribution in [1.82, 2.24) is 9.55 Å². The van der Waals surface area contributed by atoms with E-state index in [2.05, 4.69) is 43.5 Å². The zero-order chi connectivity index (χ0) is 34.7. The quantitative estimate of drug-likeness (QED) is 0.166. The summed E-state index contributed by atoms with van der Waals surface area (Å²) in [7, 11) is 0. The first-order valence-electron chi connectivity index (χ1n) is 15.7. The Morgan fingerprint density at radius 2 is 1.51 bits per heavy atom. The topological polar surface area (TPSA) is 81.4 Å². The predicted octanol–water partition coefficient (Wildman–Crippen LogP) is 10.2. The first-order chi connectivity index (χ1) is 21.9. The molecule has 1 N–H and O–H groups in total. The summed E-state index contributed by atoms with van der Waals surface area (Å²) in [5.74, 6) is -0.0665. The van der Waals surface area contributed by atoms with Gasteiger partial charge in [0.1, 0.15) is 12.4 Å². The highest BCUT2D eigenvalue weighted by atomic mass is 35.5. The van der Waals surface area contributed by atoms with Crippen LogP contribution < -0.4 is 4.74 Å². The summed E-state index contributed by atoms with van der Waals surface area (Å²) in [6, 6.07) is 26.1. The summed E-state index contributed by atoms with van der Waals surface area (Å²) in [6.45, 7) is 16.4. The second-order valence-electron chi connectivity index (χ2n) is 14.6. The largest absolute Gasteiger partial charge is 0.487 e. The maximum atomic E-state index is 12.2. The fourth-order valence-corrected chi connectivity index (χ4v) is 5.42. The first-order valence-corrected chi connectivity index (χ1v) is 16.4. The molecule has 0 unspecified atom stereocenters. The van der Waals surface area contributed by atoms with Crippen molar-refractivity contribution in [3.8, 4) is 5.75 Å². The van der Waals surface area contributed by atoms with Crippen LogP contribution in [0.15, 0.2) is 78.9 Å². The van der Waals surface area contributed by atoms with Gasteiger partial charge in [0.2, 0.25) is 5.24 Å². The fourth-order valence-electron chi connectivity index (χ4n) is 5.29. The number of carboxylic acid groups (broad SMARTS) is 1. The number of rotatable bonds is 8. The van der Waals surface area contributed by atoms with Crippen LogP contribution in [0.2, 0.25) is 5.02 Å². The third-order valence-corrected chi connectivity index (χ3v) is 8.79. The minimum absolute atomic E-state index is 0.230. The second-order valence-corrected chi connectivity index (χ2v) is 15.4. The molecule has 0 saturated heterocycles.